The van der Waals surface area contributed by atoms with Gasteiger partial charge in [-0.3, -0.25) is 10.6 Å². The minimum atomic E-state index is -0.328. The maximum atomic E-state index is 11.8. The van der Waals surface area contributed by atoms with Gasteiger partial charge < -0.3 is 15.5 Å². The van der Waals surface area contributed by atoms with E-state index < -0.39 is 0 Å². The number of nitrogens with zero attached hydrogens (tertiary/aromatic N) is 2. The topological polar surface area (TPSA) is 90.7 Å². The van der Waals surface area contributed by atoms with E-state index in [0.29, 0.717) is 11.8 Å². The molecule has 2 rings (SSSR count). The lowest BCUT2D eigenvalue weighted by Gasteiger charge is -2.19. The lowest BCUT2D eigenvalue weighted by molar-refractivity contribution is -0.129. The molecule has 7 nitrogen and oxygen atoms in total. The largest absolute Gasteiger partial charge is 0.341 e. The van der Waals surface area contributed by atoms with E-state index in [9.17, 15) is 9.59 Å². The smallest absolute Gasteiger partial charge is 0.314 e. The second kappa shape index (κ2) is 4.89. The van der Waals surface area contributed by atoms with Crippen molar-refractivity contribution in [2.45, 2.75) is 0 Å². The first-order valence-corrected chi connectivity index (χ1v) is 5.83. The van der Waals surface area contributed by atoms with Crippen molar-refractivity contribution in [3.05, 3.63) is 0 Å². The number of fused-ring (bicyclic) bond motifs is 1. The van der Waals surface area contributed by atoms with E-state index in [-0.39, 0.29) is 18.5 Å². The highest BCUT2D eigenvalue weighted by Crippen LogP contribution is 2.29. The number of nitrogens with two attached hydrogens (primary N) is 1. The molecule has 2 unspecified atom stereocenters. The van der Waals surface area contributed by atoms with Crippen LogP contribution in [0.5, 0.6) is 0 Å². The highest BCUT2D eigenvalue weighted by Gasteiger charge is 2.40. The van der Waals surface area contributed by atoms with Crippen LogP contribution in [0, 0.1) is 11.8 Å². The van der Waals surface area contributed by atoms with Gasteiger partial charge in [-0.25, -0.2) is 9.80 Å². The van der Waals surface area contributed by atoms with E-state index in [1.807, 2.05) is 9.91 Å². The molecule has 0 spiro atoms. The van der Waals surface area contributed by atoms with Gasteiger partial charge in [-0.2, -0.15) is 0 Å². The van der Waals surface area contributed by atoms with Gasteiger partial charge in [-0.15, -0.1) is 0 Å². The van der Waals surface area contributed by atoms with Gasteiger partial charge in [-0.1, -0.05) is 0 Å². The third-order valence-corrected chi connectivity index (χ3v) is 3.49. The summed E-state index contributed by atoms with van der Waals surface area (Å²) >= 11 is 0. The summed E-state index contributed by atoms with van der Waals surface area (Å²) in [5, 5.41) is 6.74. The number of rotatable bonds is 2. The highest BCUT2D eigenvalue weighted by atomic mass is 16.2. The van der Waals surface area contributed by atoms with Gasteiger partial charge in [0.25, 0.3) is 0 Å². The van der Waals surface area contributed by atoms with Gasteiger partial charge in [0, 0.05) is 33.2 Å². The number of amides is 3. The average molecular weight is 241 g/mol. The lowest BCUT2D eigenvalue weighted by atomic mass is 10.0. The van der Waals surface area contributed by atoms with Crippen molar-refractivity contribution in [3.8, 4) is 0 Å². The highest BCUT2D eigenvalue weighted by molar-refractivity contribution is 5.84. The van der Waals surface area contributed by atoms with Crippen LogP contribution in [0.4, 0.5) is 4.79 Å². The monoisotopic (exact) mass is 241 g/mol. The van der Waals surface area contributed by atoms with Crippen molar-refractivity contribution in [1.29, 1.82) is 0 Å². The molecule has 2 aliphatic heterocycles. The van der Waals surface area contributed by atoms with Crippen LogP contribution in [0.25, 0.3) is 0 Å². The summed E-state index contributed by atoms with van der Waals surface area (Å²) < 4.78 is 0. The van der Waals surface area contributed by atoms with Crippen molar-refractivity contribution < 1.29 is 9.59 Å². The first-order chi connectivity index (χ1) is 8.10. The maximum Gasteiger partial charge on any atom is 0.314 e. The van der Waals surface area contributed by atoms with E-state index >= 15 is 0 Å². The van der Waals surface area contributed by atoms with Gasteiger partial charge in [0.15, 0.2) is 0 Å². The second-order valence-corrected chi connectivity index (χ2v) is 4.71. The predicted molar refractivity (Wildman–Crippen MR) is 61.8 cm³/mol. The van der Waals surface area contributed by atoms with Gasteiger partial charge in [-0.05, 0) is 11.8 Å². The van der Waals surface area contributed by atoms with Crippen LogP contribution < -0.4 is 16.5 Å². The normalized spacial score (nSPS) is 28.0. The molecule has 17 heavy (non-hydrogen) atoms. The van der Waals surface area contributed by atoms with E-state index in [4.69, 9.17) is 5.84 Å². The van der Waals surface area contributed by atoms with Crippen molar-refractivity contribution in [2.75, 3.05) is 39.8 Å². The summed E-state index contributed by atoms with van der Waals surface area (Å²) in [6.45, 7) is 3.29. The summed E-state index contributed by atoms with van der Waals surface area (Å²) in [5.41, 5.74) is 0. The Morgan fingerprint density at radius 3 is 2.35 bits per heavy atom. The molecule has 2 saturated heterocycles. The number of nitrogens with one attached hydrogen (secondary N) is 2. The van der Waals surface area contributed by atoms with E-state index in [1.165, 1.54) is 7.05 Å². The van der Waals surface area contributed by atoms with Gasteiger partial charge in [0.1, 0.15) is 0 Å². The van der Waals surface area contributed by atoms with Crippen molar-refractivity contribution >= 4 is 11.9 Å². The molecular weight excluding hydrogens is 222 g/mol. The number of hydrogen-bond donors (Lipinski definition) is 3. The molecule has 2 atom stereocenters. The van der Waals surface area contributed by atoms with Crippen molar-refractivity contribution in [2.24, 2.45) is 17.7 Å². The van der Waals surface area contributed by atoms with Gasteiger partial charge in [0.05, 0.1) is 6.54 Å². The Balaban J connectivity index is 1.77. The molecular formula is C10H19N5O2. The summed E-state index contributed by atoms with van der Waals surface area (Å²) in [6.07, 6.45) is 0. The predicted octanol–water partition coefficient (Wildman–Crippen LogP) is -1.82. The zero-order valence-corrected chi connectivity index (χ0v) is 9.98. The number of urea groups is 1. The summed E-state index contributed by atoms with van der Waals surface area (Å²) in [4.78, 5) is 24.6. The Labute approximate surface area is 100 Å². The van der Waals surface area contributed by atoms with Crippen LogP contribution in [-0.2, 0) is 4.79 Å². The first-order valence-electron chi connectivity index (χ1n) is 5.83. The number of hydrazine groups is 1. The zero-order chi connectivity index (χ0) is 12.4. The molecule has 0 aromatic heterocycles. The molecule has 0 aliphatic carbocycles. The number of carbonyl (C=O) groups excluding carboxylic acids is 2. The fourth-order valence-electron chi connectivity index (χ4n) is 2.59. The minimum absolute atomic E-state index is 0.0217. The Bertz CT molecular complexity index is 308. The average Bonchev–Trinajstić information content (AvgIpc) is 2.82. The second-order valence-electron chi connectivity index (χ2n) is 4.71. The molecule has 96 valence electrons. The third-order valence-electron chi connectivity index (χ3n) is 3.49. The molecule has 2 heterocycles. The Hall–Kier alpha value is -1.34. The molecule has 7 heteroatoms. The van der Waals surface area contributed by atoms with Crippen LogP contribution in [-0.4, -0.2) is 61.6 Å². The quantitative estimate of drug-likeness (QED) is 0.496. The number of hydrogen-bond acceptors (Lipinski definition) is 4. The standard InChI is InChI=1S/C10H19N5O2/c1-12-10(17)13-2-9(16)14-3-7-5-15(11)6-8(7)4-14/h7-8H,2-6,11H2,1H3,(H2,12,13,17). The molecule has 0 aromatic carbocycles. The molecule has 0 saturated carbocycles. The van der Waals surface area contributed by atoms with Crippen LogP contribution >= 0.6 is 0 Å². The Morgan fingerprint density at radius 1 is 1.24 bits per heavy atom. The van der Waals surface area contributed by atoms with Crippen molar-refractivity contribution in [1.82, 2.24) is 20.5 Å². The van der Waals surface area contributed by atoms with Gasteiger partial charge in [0.2, 0.25) is 5.91 Å². The van der Waals surface area contributed by atoms with Crippen LogP contribution in [0.3, 0.4) is 0 Å². The van der Waals surface area contributed by atoms with E-state index in [2.05, 4.69) is 10.6 Å². The first kappa shape index (κ1) is 12.1. The fourth-order valence-corrected chi connectivity index (χ4v) is 2.59. The Kier molecular flexibility index (Phi) is 3.49. The van der Waals surface area contributed by atoms with Crippen molar-refractivity contribution in [3.63, 3.8) is 0 Å². The Morgan fingerprint density at radius 2 is 1.82 bits per heavy atom. The van der Waals surface area contributed by atoms with E-state index in [1.54, 1.807) is 0 Å². The zero-order valence-electron chi connectivity index (χ0n) is 9.98. The molecule has 2 aliphatic rings. The lowest BCUT2D eigenvalue weighted by Crippen LogP contribution is -2.43. The van der Waals surface area contributed by atoms with Gasteiger partial charge >= 0.3 is 6.03 Å². The molecule has 4 N–H and O–H groups in total. The third kappa shape index (κ3) is 2.67. The minimum Gasteiger partial charge on any atom is -0.341 e. The molecule has 0 radical (unpaired) electrons. The number of likely N-dealkylation sites (tertiary alicyclic amines) is 1. The number of carbonyl (C=O) groups is 2. The van der Waals surface area contributed by atoms with Crippen LogP contribution in [0.1, 0.15) is 0 Å². The van der Waals surface area contributed by atoms with E-state index in [0.717, 1.165) is 26.2 Å². The fraction of sp³-hybridized carbons (Fsp3) is 0.800. The van der Waals surface area contributed by atoms with Crippen LogP contribution in [0.15, 0.2) is 0 Å². The SMILES string of the molecule is CNC(=O)NCC(=O)N1CC2CN(N)CC2C1. The molecule has 0 aromatic rings. The maximum absolute atomic E-state index is 11.8. The molecule has 0 bridgehead atoms. The summed E-state index contributed by atoms with van der Waals surface area (Å²) in [6, 6.07) is -0.328. The van der Waals surface area contributed by atoms with Crippen LogP contribution in [0.2, 0.25) is 0 Å². The summed E-state index contributed by atoms with van der Waals surface area (Å²) in [5.74, 6) is 6.69. The molecule has 2 fully saturated rings. The summed E-state index contributed by atoms with van der Waals surface area (Å²) in [7, 11) is 1.52. The molecule has 3 amide bonds.